The molecule has 3 rings (SSSR count). The quantitative estimate of drug-likeness (QED) is 0.843. The first kappa shape index (κ1) is 10.7. The highest BCUT2D eigenvalue weighted by molar-refractivity contribution is 5.39. The number of aromatic nitrogens is 2. The molecule has 17 heavy (non-hydrogen) atoms. The van der Waals surface area contributed by atoms with E-state index in [1.54, 1.807) is 10.5 Å². The van der Waals surface area contributed by atoms with E-state index in [0.29, 0.717) is 0 Å². The number of likely N-dealkylation sites (tertiary alicyclic amines) is 1. The van der Waals surface area contributed by atoms with E-state index in [2.05, 4.69) is 9.88 Å². The predicted octanol–water partition coefficient (Wildman–Crippen LogP) is 1.01. The third-order valence-electron chi connectivity index (χ3n) is 3.16. The Bertz CT molecular complexity index is 536. The van der Waals surface area contributed by atoms with Gasteiger partial charge in [0.1, 0.15) is 11.5 Å². The number of pyridine rings is 1. The summed E-state index contributed by atoms with van der Waals surface area (Å²) in [7, 11) is 0. The molecular formula is C12H15FN4. The zero-order valence-corrected chi connectivity index (χ0v) is 9.51. The lowest BCUT2D eigenvalue weighted by Crippen LogP contribution is -2.26. The molecule has 1 fully saturated rings. The van der Waals surface area contributed by atoms with Crippen molar-refractivity contribution in [2.24, 2.45) is 5.73 Å². The first-order valence-electron chi connectivity index (χ1n) is 5.82. The molecule has 1 saturated heterocycles. The Labute approximate surface area is 98.9 Å². The van der Waals surface area contributed by atoms with Gasteiger partial charge < -0.3 is 10.1 Å². The Kier molecular flexibility index (Phi) is 2.57. The third-order valence-corrected chi connectivity index (χ3v) is 3.16. The van der Waals surface area contributed by atoms with Gasteiger partial charge in [-0.05, 0) is 18.6 Å². The average molecular weight is 234 g/mol. The Morgan fingerprint density at radius 2 is 2.29 bits per heavy atom. The van der Waals surface area contributed by atoms with Crippen LogP contribution >= 0.6 is 0 Å². The fourth-order valence-electron chi connectivity index (χ4n) is 2.33. The van der Waals surface area contributed by atoms with Crippen LogP contribution in [0.25, 0.3) is 5.65 Å². The maximum atomic E-state index is 13.0. The molecule has 4 nitrogen and oxygen atoms in total. The topological polar surface area (TPSA) is 46.6 Å². The second-order valence-electron chi connectivity index (χ2n) is 4.63. The standard InChI is InChI=1S/C12H15FN4/c13-9-1-2-12-15-11(8-17(12)5-9)7-16-4-3-10(14)6-16/h1-2,5,8,10H,3-4,6-7,14H2. The highest BCUT2D eigenvalue weighted by Crippen LogP contribution is 2.13. The largest absolute Gasteiger partial charge is 0.326 e. The molecule has 1 atom stereocenters. The summed E-state index contributed by atoms with van der Waals surface area (Å²) in [5.74, 6) is -0.246. The van der Waals surface area contributed by atoms with E-state index < -0.39 is 0 Å². The van der Waals surface area contributed by atoms with E-state index in [9.17, 15) is 4.39 Å². The molecule has 1 unspecified atom stereocenters. The van der Waals surface area contributed by atoms with E-state index in [1.165, 1.54) is 12.3 Å². The molecule has 5 heteroatoms. The Morgan fingerprint density at radius 3 is 3.06 bits per heavy atom. The summed E-state index contributed by atoms with van der Waals surface area (Å²) in [4.78, 5) is 6.74. The summed E-state index contributed by atoms with van der Waals surface area (Å²) in [5, 5.41) is 0. The van der Waals surface area contributed by atoms with Crippen LogP contribution in [0.3, 0.4) is 0 Å². The van der Waals surface area contributed by atoms with Crippen molar-refractivity contribution in [3.63, 3.8) is 0 Å². The Hall–Kier alpha value is -1.46. The van der Waals surface area contributed by atoms with E-state index in [4.69, 9.17) is 5.73 Å². The van der Waals surface area contributed by atoms with Crippen LogP contribution in [0.4, 0.5) is 4.39 Å². The lowest BCUT2D eigenvalue weighted by Gasteiger charge is -2.12. The first-order chi connectivity index (χ1) is 8.20. The van der Waals surface area contributed by atoms with Gasteiger partial charge in [-0.1, -0.05) is 0 Å². The molecule has 0 bridgehead atoms. The van der Waals surface area contributed by atoms with Crippen molar-refractivity contribution < 1.29 is 4.39 Å². The molecule has 1 aliphatic rings. The predicted molar refractivity (Wildman–Crippen MR) is 63.0 cm³/mol. The third kappa shape index (κ3) is 2.16. The smallest absolute Gasteiger partial charge is 0.139 e. The molecule has 0 amide bonds. The highest BCUT2D eigenvalue weighted by Gasteiger charge is 2.19. The van der Waals surface area contributed by atoms with Crippen LogP contribution in [-0.2, 0) is 6.54 Å². The van der Waals surface area contributed by atoms with E-state index in [0.717, 1.165) is 37.4 Å². The van der Waals surface area contributed by atoms with Crippen molar-refractivity contribution in [1.29, 1.82) is 0 Å². The summed E-state index contributed by atoms with van der Waals surface area (Å²) in [6.07, 6.45) is 4.37. The zero-order chi connectivity index (χ0) is 11.8. The van der Waals surface area contributed by atoms with Gasteiger partial charge >= 0.3 is 0 Å². The molecule has 0 aliphatic carbocycles. The summed E-state index contributed by atoms with van der Waals surface area (Å²) < 4.78 is 14.7. The van der Waals surface area contributed by atoms with Crippen molar-refractivity contribution in [2.45, 2.75) is 19.0 Å². The van der Waals surface area contributed by atoms with Crippen LogP contribution in [0.2, 0.25) is 0 Å². The van der Waals surface area contributed by atoms with Crippen molar-refractivity contribution in [3.05, 3.63) is 36.0 Å². The molecule has 2 aromatic heterocycles. The van der Waals surface area contributed by atoms with Gasteiger partial charge in [0.25, 0.3) is 0 Å². The number of fused-ring (bicyclic) bond motifs is 1. The molecule has 1 aliphatic heterocycles. The van der Waals surface area contributed by atoms with Gasteiger partial charge in [-0.3, -0.25) is 4.90 Å². The maximum absolute atomic E-state index is 13.0. The Balaban J connectivity index is 1.81. The van der Waals surface area contributed by atoms with E-state index in [-0.39, 0.29) is 11.9 Å². The summed E-state index contributed by atoms with van der Waals surface area (Å²) >= 11 is 0. The normalized spacial score (nSPS) is 21.4. The van der Waals surface area contributed by atoms with Gasteiger partial charge in [-0.25, -0.2) is 9.37 Å². The van der Waals surface area contributed by atoms with Crippen LogP contribution in [0, 0.1) is 5.82 Å². The maximum Gasteiger partial charge on any atom is 0.139 e. The van der Waals surface area contributed by atoms with Crippen molar-refractivity contribution >= 4 is 5.65 Å². The second-order valence-corrected chi connectivity index (χ2v) is 4.63. The van der Waals surface area contributed by atoms with Crippen molar-refractivity contribution in [3.8, 4) is 0 Å². The molecule has 0 spiro atoms. The van der Waals surface area contributed by atoms with Gasteiger partial charge in [-0.2, -0.15) is 0 Å². The lowest BCUT2D eigenvalue weighted by molar-refractivity contribution is 0.323. The molecule has 2 N–H and O–H groups in total. The lowest BCUT2D eigenvalue weighted by atomic mass is 10.3. The van der Waals surface area contributed by atoms with Gasteiger partial charge in [0.2, 0.25) is 0 Å². The molecule has 0 saturated carbocycles. The summed E-state index contributed by atoms with van der Waals surface area (Å²) in [6.45, 7) is 2.72. The minimum atomic E-state index is -0.246. The SMILES string of the molecule is NC1CCN(Cc2cn3cc(F)ccc3n2)C1. The minimum absolute atomic E-state index is 0.246. The van der Waals surface area contributed by atoms with Crippen LogP contribution in [0.5, 0.6) is 0 Å². The fraction of sp³-hybridized carbons (Fsp3) is 0.417. The molecule has 0 aromatic carbocycles. The van der Waals surface area contributed by atoms with E-state index >= 15 is 0 Å². The van der Waals surface area contributed by atoms with Gasteiger partial charge in [0, 0.05) is 38.1 Å². The number of nitrogens with zero attached hydrogens (tertiary/aromatic N) is 3. The molecule has 90 valence electrons. The number of imidazole rings is 1. The van der Waals surface area contributed by atoms with Gasteiger partial charge in [0.05, 0.1) is 5.69 Å². The van der Waals surface area contributed by atoms with Crippen molar-refractivity contribution in [2.75, 3.05) is 13.1 Å². The van der Waals surface area contributed by atoms with E-state index in [1.807, 2.05) is 6.20 Å². The van der Waals surface area contributed by atoms with Crippen LogP contribution in [0.15, 0.2) is 24.5 Å². The van der Waals surface area contributed by atoms with Gasteiger partial charge in [0.15, 0.2) is 0 Å². The molecular weight excluding hydrogens is 219 g/mol. The minimum Gasteiger partial charge on any atom is -0.326 e. The zero-order valence-electron chi connectivity index (χ0n) is 9.51. The number of halogens is 1. The molecule has 2 aromatic rings. The van der Waals surface area contributed by atoms with Crippen LogP contribution < -0.4 is 5.73 Å². The highest BCUT2D eigenvalue weighted by atomic mass is 19.1. The number of rotatable bonds is 2. The number of hydrogen-bond acceptors (Lipinski definition) is 3. The number of hydrogen-bond donors (Lipinski definition) is 1. The number of nitrogens with two attached hydrogens (primary N) is 1. The monoisotopic (exact) mass is 234 g/mol. The van der Waals surface area contributed by atoms with Crippen LogP contribution in [0.1, 0.15) is 12.1 Å². The second kappa shape index (κ2) is 4.09. The van der Waals surface area contributed by atoms with Gasteiger partial charge in [-0.15, -0.1) is 0 Å². The molecule has 0 radical (unpaired) electrons. The van der Waals surface area contributed by atoms with Crippen LogP contribution in [-0.4, -0.2) is 33.4 Å². The van der Waals surface area contributed by atoms with Crippen molar-refractivity contribution in [1.82, 2.24) is 14.3 Å². The average Bonchev–Trinajstić information content (AvgIpc) is 2.84. The summed E-state index contributed by atoms with van der Waals surface area (Å²) in [5.41, 5.74) is 7.60. The Morgan fingerprint density at radius 1 is 1.41 bits per heavy atom. The summed E-state index contributed by atoms with van der Waals surface area (Å²) in [6, 6.07) is 3.40. The first-order valence-corrected chi connectivity index (χ1v) is 5.82. The molecule has 3 heterocycles. The fourth-order valence-corrected chi connectivity index (χ4v) is 2.33.